The summed E-state index contributed by atoms with van der Waals surface area (Å²) in [6.07, 6.45) is 3.52. The molecule has 214 valence electrons. The Morgan fingerprint density at radius 2 is 1.78 bits per heavy atom. The molecule has 5 N–H and O–H groups in total. The Kier molecular flexibility index (Phi) is 11.8. The van der Waals surface area contributed by atoms with Crippen molar-refractivity contribution < 1.29 is 14.7 Å². The molecule has 0 radical (unpaired) electrons. The quantitative estimate of drug-likeness (QED) is 0.113. The summed E-state index contributed by atoms with van der Waals surface area (Å²) in [5.41, 5.74) is 13.8. The van der Waals surface area contributed by atoms with Crippen LogP contribution in [0.3, 0.4) is 0 Å². The molecule has 3 aromatic carbocycles. The van der Waals surface area contributed by atoms with Crippen LogP contribution in [0.2, 0.25) is 5.02 Å². The number of primary amides is 1. The molecule has 8 nitrogen and oxygen atoms in total. The lowest BCUT2D eigenvalue weighted by atomic mass is 9.96. The Balaban J connectivity index is 1.34. The Labute approximate surface area is 246 Å². The van der Waals surface area contributed by atoms with Crippen LogP contribution in [-0.2, 0) is 4.79 Å². The lowest BCUT2D eigenvalue weighted by molar-refractivity contribution is -0.113. The fraction of sp³-hybridized carbons (Fsp3) is 0.281. The molecular formula is C32H36ClN5O3. The normalized spacial score (nSPS) is 14.9. The second kappa shape index (κ2) is 15.9. The number of benzene rings is 3. The van der Waals surface area contributed by atoms with E-state index in [1.54, 1.807) is 6.08 Å². The Hall–Kier alpha value is -3.68. The van der Waals surface area contributed by atoms with E-state index < -0.39 is 5.91 Å². The number of hydrogen-bond donors (Lipinski definition) is 4. The van der Waals surface area contributed by atoms with Crippen LogP contribution in [0.4, 0.5) is 0 Å². The molecule has 3 aromatic rings. The van der Waals surface area contributed by atoms with Gasteiger partial charge in [-0.2, -0.15) is 0 Å². The zero-order valence-electron chi connectivity index (χ0n) is 22.9. The summed E-state index contributed by atoms with van der Waals surface area (Å²) in [5, 5.41) is 9.30. The molecular weight excluding hydrogens is 538 g/mol. The smallest absolute Gasteiger partial charge is 0.241 e. The van der Waals surface area contributed by atoms with Gasteiger partial charge >= 0.3 is 0 Å². The SMILES string of the molecule is NC(=O)/C=C/c1cc(C#CCCNNO)ccc1OCCN1CCN([C@H](c2ccccc2)c2ccc(Cl)cc2)CC1. The summed E-state index contributed by atoms with van der Waals surface area (Å²) in [6, 6.07) is 24.6. The molecule has 41 heavy (non-hydrogen) atoms. The van der Waals surface area contributed by atoms with Gasteiger partial charge in [-0.25, -0.2) is 5.43 Å². The van der Waals surface area contributed by atoms with Crippen molar-refractivity contribution in [2.75, 3.05) is 45.9 Å². The molecule has 0 bridgehead atoms. The van der Waals surface area contributed by atoms with Gasteiger partial charge in [-0.3, -0.25) is 14.6 Å². The summed E-state index contributed by atoms with van der Waals surface area (Å²) in [7, 11) is 0. The molecule has 1 fully saturated rings. The molecule has 1 aliphatic heterocycles. The Bertz CT molecular complexity index is 1350. The van der Waals surface area contributed by atoms with Gasteiger partial charge < -0.3 is 15.7 Å². The van der Waals surface area contributed by atoms with Crippen LogP contribution < -0.4 is 21.5 Å². The number of hydrazine groups is 1. The van der Waals surface area contributed by atoms with Crippen molar-refractivity contribution in [1.29, 1.82) is 0 Å². The topological polar surface area (TPSA) is 103 Å². The third-order valence-corrected chi connectivity index (χ3v) is 7.11. The maximum Gasteiger partial charge on any atom is 0.241 e. The van der Waals surface area contributed by atoms with Crippen molar-refractivity contribution in [3.05, 3.63) is 106 Å². The van der Waals surface area contributed by atoms with Crippen molar-refractivity contribution in [3.63, 3.8) is 0 Å². The molecule has 0 aromatic heterocycles. The molecule has 1 amide bonds. The fourth-order valence-corrected chi connectivity index (χ4v) is 4.96. The summed E-state index contributed by atoms with van der Waals surface area (Å²) in [4.78, 5) is 16.3. The highest BCUT2D eigenvalue weighted by atomic mass is 35.5. The number of hydrogen-bond acceptors (Lipinski definition) is 7. The zero-order chi connectivity index (χ0) is 28.9. The second-order valence-electron chi connectivity index (χ2n) is 9.67. The molecule has 0 spiro atoms. The predicted octanol–water partition coefficient (Wildman–Crippen LogP) is 3.85. The van der Waals surface area contributed by atoms with Crippen LogP contribution in [0.15, 0.2) is 78.9 Å². The number of halogens is 1. The van der Waals surface area contributed by atoms with E-state index in [-0.39, 0.29) is 6.04 Å². The zero-order valence-corrected chi connectivity index (χ0v) is 23.7. The van der Waals surface area contributed by atoms with Gasteiger partial charge in [0.15, 0.2) is 0 Å². The van der Waals surface area contributed by atoms with Gasteiger partial charge in [0.05, 0.1) is 6.04 Å². The number of nitrogens with one attached hydrogen (secondary N) is 2. The summed E-state index contributed by atoms with van der Waals surface area (Å²) in [5.74, 6) is 6.26. The number of amides is 1. The van der Waals surface area contributed by atoms with Crippen LogP contribution in [0.25, 0.3) is 6.08 Å². The van der Waals surface area contributed by atoms with Gasteiger partial charge in [-0.05, 0) is 47.5 Å². The van der Waals surface area contributed by atoms with Crippen LogP contribution in [0, 0.1) is 11.8 Å². The number of carbonyl (C=O) groups is 1. The largest absolute Gasteiger partial charge is 0.492 e. The first-order chi connectivity index (χ1) is 20.0. The maximum absolute atomic E-state index is 11.3. The van der Waals surface area contributed by atoms with Gasteiger partial charge in [-0.1, -0.05) is 65.9 Å². The number of carbonyl (C=O) groups excluding carboxylic acids is 1. The van der Waals surface area contributed by atoms with E-state index in [0.29, 0.717) is 25.3 Å². The monoisotopic (exact) mass is 573 g/mol. The molecule has 9 heteroatoms. The Morgan fingerprint density at radius 3 is 2.49 bits per heavy atom. The molecule has 1 heterocycles. The van der Waals surface area contributed by atoms with E-state index in [1.807, 2.05) is 42.0 Å². The summed E-state index contributed by atoms with van der Waals surface area (Å²) >= 11 is 6.17. The van der Waals surface area contributed by atoms with E-state index in [2.05, 4.69) is 63.5 Å². The molecule has 1 aliphatic rings. The first-order valence-electron chi connectivity index (χ1n) is 13.7. The molecule has 4 rings (SSSR count). The first kappa shape index (κ1) is 30.3. The first-order valence-corrected chi connectivity index (χ1v) is 14.0. The lowest BCUT2D eigenvalue weighted by Crippen LogP contribution is -2.48. The highest BCUT2D eigenvalue weighted by Crippen LogP contribution is 2.30. The van der Waals surface area contributed by atoms with Gasteiger partial charge in [0.25, 0.3) is 0 Å². The molecule has 0 aliphatic carbocycles. The molecule has 1 saturated heterocycles. The highest BCUT2D eigenvalue weighted by Gasteiger charge is 2.26. The summed E-state index contributed by atoms with van der Waals surface area (Å²) in [6.45, 7) is 5.55. The number of piperazine rings is 1. The minimum absolute atomic E-state index is 0.177. The molecule has 0 saturated carbocycles. The third kappa shape index (κ3) is 9.44. The average molecular weight is 574 g/mol. The molecule has 0 unspecified atom stereocenters. The van der Waals surface area contributed by atoms with Crippen molar-refractivity contribution >= 4 is 23.6 Å². The highest BCUT2D eigenvalue weighted by molar-refractivity contribution is 6.30. The third-order valence-electron chi connectivity index (χ3n) is 6.86. The van der Waals surface area contributed by atoms with Gasteiger partial charge in [0.1, 0.15) is 12.4 Å². The van der Waals surface area contributed by atoms with E-state index in [0.717, 1.165) is 48.9 Å². The van der Waals surface area contributed by atoms with E-state index in [9.17, 15) is 4.79 Å². The van der Waals surface area contributed by atoms with Crippen molar-refractivity contribution in [2.24, 2.45) is 5.73 Å². The predicted molar refractivity (Wildman–Crippen MR) is 162 cm³/mol. The number of nitrogens with zero attached hydrogens (tertiary/aromatic N) is 2. The summed E-state index contributed by atoms with van der Waals surface area (Å²) < 4.78 is 6.14. The second-order valence-corrected chi connectivity index (χ2v) is 10.1. The van der Waals surface area contributed by atoms with Crippen LogP contribution in [0.5, 0.6) is 5.75 Å². The van der Waals surface area contributed by atoms with Crippen molar-refractivity contribution in [3.8, 4) is 17.6 Å². The lowest BCUT2D eigenvalue weighted by Gasteiger charge is -2.39. The van der Waals surface area contributed by atoms with Crippen LogP contribution in [-0.4, -0.2) is 66.8 Å². The Morgan fingerprint density at radius 1 is 1.05 bits per heavy atom. The van der Waals surface area contributed by atoms with Gasteiger partial charge in [-0.15, -0.1) is 5.59 Å². The standard InChI is InChI=1S/C32H36ClN5O3/c33-29-13-10-27(11-14-29)32(26-7-2-1-3-8-26)38-20-18-37(19-21-38)22-23-41-30-15-9-25(6-4-5-17-35-36-40)24-28(30)12-16-31(34)39/h1-3,7-16,24,32,35-36,40H,5,17-23H2,(H2,34,39)/b16-12+/t32-/m1/s1. The molecule has 1 atom stereocenters. The van der Waals surface area contributed by atoms with Crippen molar-refractivity contribution in [1.82, 2.24) is 20.8 Å². The minimum atomic E-state index is -0.528. The number of ether oxygens (including phenoxy) is 1. The van der Waals surface area contributed by atoms with Gasteiger partial charge in [0, 0.05) is 67.9 Å². The average Bonchev–Trinajstić information content (AvgIpc) is 2.99. The van der Waals surface area contributed by atoms with Gasteiger partial charge in [0.2, 0.25) is 5.91 Å². The number of rotatable bonds is 12. The minimum Gasteiger partial charge on any atom is -0.492 e. The van der Waals surface area contributed by atoms with Crippen LogP contribution >= 0.6 is 11.6 Å². The van der Waals surface area contributed by atoms with Crippen molar-refractivity contribution in [2.45, 2.75) is 12.5 Å². The van der Waals surface area contributed by atoms with E-state index in [4.69, 9.17) is 27.3 Å². The van der Waals surface area contributed by atoms with E-state index in [1.165, 1.54) is 17.2 Å². The fourth-order valence-electron chi connectivity index (χ4n) is 4.83. The van der Waals surface area contributed by atoms with Crippen LogP contribution in [0.1, 0.15) is 34.7 Å². The van der Waals surface area contributed by atoms with E-state index >= 15 is 0 Å². The number of nitrogens with two attached hydrogens (primary N) is 1. The maximum atomic E-state index is 11.3.